The number of hydrogen-bond acceptors (Lipinski definition) is 5. The van der Waals surface area contributed by atoms with Crippen LogP contribution in [0.15, 0.2) is 24.3 Å². The number of halogens is 2. The van der Waals surface area contributed by atoms with Crippen LogP contribution in [0.3, 0.4) is 0 Å². The normalized spacial score (nSPS) is 17.2. The van der Waals surface area contributed by atoms with E-state index in [9.17, 15) is 4.79 Å². The molecule has 1 unspecified atom stereocenters. The monoisotopic (exact) mass is 405 g/mol. The van der Waals surface area contributed by atoms with Crippen LogP contribution in [0, 0.1) is 5.41 Å². The molecule has 2 aromatic rings. The molecule has 3 rings (SSSR count). The number of para-hydroxylation sites is 1. The number of thiazole rings is 1. The lowest BCUT2D eigenvalue weighted by Gasteiger charge is -2.35. The summed E-state index contributed by atoms with van der Waals surface area (Å²) in [5.74, 6) is 0.0527. The zero-order valence-electron chi connectivity index (χ0n) is 14.2. The number of carbonyl (C=O) groups excluding carboxylic acids is 1. The minimum Gasteiger partial charge on any atom is -0.381 e. The summed E-state index contributed by atoms with van der Waals surface area (Å²) in [6.07, 6.45) is 2.13. The second-order valence-electron chi connectivity index (χ2n) is 6.25. The number of carbonyl (C=O) groups is 1. The number of nitrogens with two attached hydrogens (primary N) is 1. The molecule has 8 heteroatoms. The molecule has 1 amide bonds. The zero-order valence-corrected chi connectivity index (χ0v) is 16.6. The van der Waals surface area contributed by atoms with E-state index in [1.165, 1.54) is 4.70 Å². The van der Waals surface area contributed by atoms with E-state index < -0.39 is 5.41 Å². The molecule has 1 aliphatic heterocycles. The molecule has 0 aliphatic carbocycles. The van der Waals surface area contributed by atoms with Crippen molar-refractivity contribution >= 4 is 52.3 Å². The Morgan fingerprint density at radius 2 is 2.04 bits per heavy atom. The lowest BCUT2D eigenvalue weighted by molar-refractivity contribution is -0.136. The maximum absolute atomic E-state index is 12.7. The van der Waals surface area contributed by atoms with E-state index in [-0.39, 0.29) is 36.8 Å². The largest absolute Gasteiger partial charge is 0.381 e. The number of nitrogens with one attached hydrogen (secondary N) is 1. The van der Waals surface area contributed by atoms with Crippen molar-refractivity contribution in [3.05, 3.63) is 29.3 Å². The summed E-state index contributed by atoms with van der Waals surface area (Å²) < 4.78 is 6.55. The highest BCUT2D eigenvalue weighted by atomic mass is 35.5. The zero-order chi connectivity index (χ0) is 16.3. The summed E-state index contributed by atoms with van der Waals surface area (Å²) in [6, 6.07) is 8.14. The van der Waals surface area contributed by atoms with Crippen LogP contribution in [0.5, 0.6) is 0 Å². The maximum Gasteiger partial charge on any atom is 0.227 e. The van der Waals surface area contributed by atoms with Crippen LogP contribution >= 0.6 is 36.2 Å². The molecule has 0 spiro atoms. The Morgan fingerprint density at radius 1 is 1.36 bits per heavy atom. The van der Waals surface area contributed by atoms with Crippen molar-refractivity contribution in [3.63, 3.8) is 0 Å². The van der Waals surface area contributed by atoms with Crippen molar-refractivity contribution in [1.82, 2.24) is 10.3 Å². The number of aromatic nitrogens is 1. The highest BCUT2D eigenvalue weighted by Gasteiger charge is 2.39. The minimum absolute atomic E-state index is 0. The van der Waals surface area contributed by atoms with Gasteiger partial charge in [-0.05, 0) is 31.9 Å². The first kappa shape index (κ1) is 22.1. The first-order chi connectivity index (χ1) is 11.1. The molecule has 0 radical (unpaired) electrons. The van der Waals surface area contributed by atoms with Gasteiger partial charge in [-0.1, -0.05) is 12.1 Å². The van der Waals surface area contributed by atoms with Gasteiger partial charge in [-0.2, -0.15) is 0 Å². The predicted molar refractivity (Wildman–Crippen MR) is 107 cm³/mol. The Labute approximate surface area is 164 Å². The summed E-state index contributed by atoms with van der Waals surface area (Å²) in [5.41, 5.74) is 6.44. The molecule has 5 nitrogen and oxygen atoms in total. The number of amides is 1. The fourth-order valence-electron chi connectivity index (χ4n) is 2.98. The van der Waals surface area contributed by atoms with Gasteiger partial charge in [-0.25, -0.2) is 4.98 Å². The van der Waals surface area contributed by atoms with Crippen LogP contribution in [0.2, 0.25) is 0 Å². The summed E-state index contributed by atoms with van der Waals surface area (Å²) in [7, 11) is 0. The van der Waals surface area contributed by atoms with Gasteiger partial charge >= 0.3 is 0 Å². The minimum atomic E-state index is -0.472. The van der Waals surface area contributed by atoms with Gasteiger partial charge in [0.05, 0.1) is 20.6 Å². The molecule has 1 aromatic heterocycles. The predicted octanol–water partition coefficient (Wildman–Crippen LogP) is 2.94. The number of ether oxygens (including phenoxy) is 1. The summed E-state index contributed by atoms with van der Waals surface area (Å²) in [5, 5.41) is 4.18. The molecule has 25 heavy (non-hydrogen) atoms. The van der Waals surface area contributed by atoms with Gasteiger partial charge in [0.15, 0.2) is 0 Å². The van der Waals surface area contributed by atoms with E-state index >= 15 is 0 Å². The Kier molecular flexibility index (Phi) is 8.57. The van der Waals surface area contributed by atoms with Gasteiger partial charge in [0.1, 0.15) is 0 Å². The van der Waals surface area contributed by atoms with E-state index in [0.717, 1.165) is 16.9 Å². The Bertz CT molecular complexity index is 656. The highest BCUT2D eigenvalue weighted by Crippen LogP contribution is 2.30. The maximum atomic E-state index is 12.7. The van der Waals surface area contributed by atoms with Crippen molar-refractivity contribution in [1.29, 1.82) is 0 Å². The molecular weight excluding hydrogens is 381 g/mol. The quantitative estimate of drug-likeness (QED) is 0.801. The van der Waals surface area contributed by atoms with E-state index in [0.29, 0.717) is 32.6 Å². The molecule has 140 valence electrons. The van der Waals surface area contributed by atoms with Gasteiger partial charge in [0.2, 0.25) is 5.91 Å². The van der Waals surface area contributed by atoms with E-state index in [4.69, 9.17) is 10.5 Å². The number of hydrogen-bond donors (Lipinski definition) is 2. The van der Waals surface area contributed by atoms with Gasteiger partial charge in [0.25, 0.3) is 0 Å². The number of benzene rings is 1. The average molecular weight is 406 g/mol. The first-order valence-corrected chi connectivity index (χ1v) is 8.88. The molecule has 1 fully saturated rings. The number of nitrogens with zero attached hydrogens (tertiary/aromatic N) is 1. The summed E-state index contributed by atoms with van der Waals surface area (Å²) in [4.78, 5) is 17.3. The Balaban J connectivity index is 0.00000156. The molecule has 2 heterocycles. The third kappa shape index (κ3) is 5.05. The van der Waals surface area contributed by atoms with Crippen molar-refractivity contribution in [2.45, 2.75) is 32.2 Å². The number of fused-ring (bicyclic) bond motifs is 1. The molecule has 0 saturated carbocycles. The second kappa shape index (κ2) is 9.69. The molecule has 1 saturated heterocycles. The Morgan fingerprint density at radius 3 is 2.68 bits per heavy atom. The average Bonchev–Trinajstić information content (AvgIpc) is 2.97. The molecule has 1 aromatic carbocycles. The molecule has 1 aliphatic rings. The standard InChI is InChI=1S/C17H23N3O2S.2ClH/c1-12(10-15-20-13-4-2-3-5-14(13)23-15)19-16(21)17(11-18)6-8-22-9-7-17;;/h2-5,12H,6-11,18H2,1H3,(H,19,21);2*1H. The molecular formula is C17H25Cl2N3O2S. The van der Waals surface area contributed by atoms with Crippen molar-refractivity contribution < 1.29 is 9.53 Å². The fraction of sp³-hybridized carbons (Fsp3) is 0.529. The van der Waals surface area contributed by atoms with Crippen molar-refractivity contribution in [3.8, 4) is 0 Å². The summed E-state index contributed by atoms with van der Waals surface area (Å²) in [6.45, 7) is 3.61. The number of rotatable bonds is 5. The van der Waals surface area contributed by atoms with Gasteiger partial charge in [-0.3, -0.25) is 4.79 Å². The molecule has 0 bridgehead atoms. The lowest BCUT2D eigenvalue weighted by Crippen LogP contribution is -2.51. The Hall–Kier alpha value is -0.920. The fourth-order valence-corrected chi connectivity index (χ4v) is 4.08. The first-order valence-electron chi connectivity index (χ1n) is 8.06. The SMILES string of the molecule is CC(Cc1nc2ccccc2s1)NC(=O)C1(CN)CCOCC1.Cl.Cl. The molecule has 3 N–H and O–H groups in total. The van der Waals surface area contributed by atoms with Crippen LogP contribution in [0.4, 0.5) is 0 Å². The van der Waals surface area contributed by atoms with Crippen LogP contribution in [0.1, 0.15) is 24.8 Å². The van der Waals surface area contributed by atoms with Crippen LogP contribution in [-0.2, 0) is 16.0 Å². The van der Waals surface area contributed by atoms with Crippen molar-refractivity contribution in [2.24, 2.45) is 11.1 Å². The van der Waals surface area contributed by atoms with Crippen LogP contribution in [-0.4, -0.2) is 36.7 Å². The van der Waals surface area contributed by atoms with Gasteiger partial charge in [0, 0.05) is 32.2 Å². The van der Waals surface area contributed by atoms with Gasteiger partial charge in [-0.15, -0.1) is 36.2 Å². The topological polar surface area (TPSA) is 77.2 Å². The van der Waals surface area contributed by atoms with E-state index in [1.54, 1.807) is 11.3 Å². The van der Waals surface area contributed by atoms with Gasteiger partial charge < -0.3 is 15.8 Å². The van der Waals surface area contributed by atoms with Crippen molar-refractivity contribution in [2.75, 3.05) is 19.8 Å². The summed E-state index contributed by atoms with van der Waals surface area (Å²) >= 11 is 1.69. The second-order valence-corrected chi connectivity index (χ2v) is 7.37. The lowest BCUT2D eigenvalue weighted by atomic mass is 9.79. The van der Waals surface area contributed by atoms with Crippen LogP contribution < -0.4 is 11.1 Å². The van der Waals surface area contributed by atoms with E-state index in [2.05, 4.69) is 16.4 Å². The smallest absolute Gasteiger partial charge is 0.227 e. The third-order valence-electron chi connectivity index (χ3n) is 4.52. The highest BCUT2D eigenvalue weighted by molar-refractivity contribution is 7.18. The van der Waals surface area contributed by atoms with E-state index in [1.807, 2.05) is 25.1 Å². The van der Waals surface area contributed by atoms with Crippen LogP contribution in [0.25, 0.3) is 10.2 Å². The molecule has 1 atom stereocenters. The third-order valence-corrected chi connectivity index (χ3v) is 5.58.